The van der Waals surface area contributed by atoms with E-state index in [-0.39, 0.29) is 12.5 Å². The highest BCUT2D eigenvalue weighted by Gasteiger charge is 2.15. The summed E-state index contributed by atoms with van der Waals surface area (Å²) in [6.07, 6.45) is 0. The van der Waals surface area contributed by atoms with E-state index in [1.807, 2.05) is 73.7 Å². The van der Waals surface area contributed by atoms with E-state index in [1.54, 1.807) is 7.05 Å². The number of benzene rings is 3. The zero-order valence-corrected chi connectivity index (χ0v) is 20.0. The summed E-state index contributed by atoms with van der Waals surface area (Å²) < 4.78 is 13.3. The van der Waals surface area contributed by atoms with Crippen LogP contribution in [-0.4, -0.2) is 36.1 Å². The van der Waals surface area contributed by atoms with Gasteiger partial charge in [-0.25, -0.2) is 4.68 Å². The van der Waals surface area contributed by atoms with Gasteiger partial charge in [0, 0.05) is 18.2 Å². The van der Waals surface area contributed by atoms with Gasteiger partial charge in [0.05, 0.1) is 0 Å². The van der Waals surface area contributed by atoms with Gasteiger partial charge in [-0.05, 0) is 65.7 Å². The number of aromatic nitrogens is 6. The first kappa shape index (κ1) is 22.9. The molecule has 0 saturated carbocycles. The molecule has 0 saturated heterocycles. The van der Waals surface area contributed by atoms with Gasteiger partial charge in [-0.15, -0.1) is 15.3 Å². The first-order chi connectivity index (χ1) is 17.6. The maximum atomic E-state index is 6.02. The lowest BCUT2D eigenvalue weighted by atomic mass is 10.1. The number of hydrogen-bond donors (Lipinski definition) is 0. The predicted molar refractivity (Wildman–Crippen MR) is 131 cm³/mol. The van der Waals surface area contributed by atoms with E-state index in [0.29, 0.717) is 17.4 Å². The van der Waals surface area contributed by atoms with Crippen molar-refractivity contribution in [3.05, 3.63) is 101 Å². The van der Waals surface area contributed by atoms with Crippen LogP contribution in [0.25, 0.3) is 11.5 Å². The van der Waals surface area contributed by atoms with Crippen LogP contribution in [0.5, 0.6) is 11.5 Å². The Morgan fingerprint density at radius 3 is 2.47 bits per heavy atom. The van der Waals surface area contributed by atoms with Crippen LogP contribution in [0.2, 0.25) is 0 Å². The van der Waals surface area contributed by atoms with Crippen molar-refractivity contribution >= 4 is 5.71 Å². The summed E-state index contributed by atoms with van der Waals surface area (Å²) >= 11 is 0. The van der Waals surface area contributed by atoms with Crippen molar-refractivity contribution < 1.29 is 14.0 Å². The van der Waals surface area contributed by atoms with Crippen molar-refractivity contribution in [3.8, 4) is 23.0 Å². The fraction of sp³-hybridized carbons (Fsp3) is 0.154. The van der Waals surface area contributed by atoms with E-state index in [2.05, 4.69) is 43.9 Å². The van der Waals surface area contributed by atoms with Gasteiger partial charge in [0.2, 0.25) is 11.7 Å². The molecule has 180 valence electrons. The molecule has 0 aliphatic rings. The van der Waals surface area contributed by atoms with E-state index in [9.17, 15) is 0 Å². The number of aryl methyl sites for hydroxylation is 2. The van der Waals surface area contributed by atoms with Crippen LogP contribution >= 0.6 is 0 Å². The van der Waals surface area contributed by atoms with Crippen LogP contribution in [0.3, 0.4) is 0 Å². The molecule has 2 aromatic heterocycles. The number of tetrazole rings is 1. The van der Waals surface area contributed by atoms with Gasteiger partial charge < -0.3 is 14.0 Å². The lowest BCUT2D eigenvalue weighted by Crippen LogP contribution is -2.12. The van der Waals surface area contributed by atoms with Crippen molar-refractivity contribution in [2.24, 2.45) is 12.2 Å². The summed E-state index contributed by atoms with van der Waals surface area (Å²) in [4.78, 5) is 5.53. The minimum Gasteiger partial charge on any atom is -0.457 e. The molecule has 2 heterocycles. The Labute approximate surface area is 207 Å². The van der Waals surface area contributed by atoms with Gasteiger partial charge in [0.1, 0.15) is 11.5 Å². The quantitative estimate of drug-likeness (QED) is 0.233. The Kier molecular flexibility index (Phi) is 6.48. The molecular formula is C26H23N7O3. The molecule has 0 unspecified atom stereocenters. The lowest BCUT2D eigenvalue weighted by Gasteiger charge is -2.10. The average Bonchev–Trinajstić information content (AvgIpc) is 3.55. The fourth-order valence-electron chi connectivity index (χ4n) is 3.46. The molecule has 3 aromatic carbocycles. The molecule has 0 bridgehead atoms. The SMILES string of the molecule is Cc1cccc(Oc2ccc(-c3nnc(CO/N=C(/c4ccccc4)c4nnnn4C)o3)cc2)c1C. The molecule has 0 amide bonds. The summed E-state index contributed by atoms with van der Waals surface area (Å²) in [5, 5.41) is 24.0. The standard InChI is InChI=1S/C26H23N7O3/c1-17-8-7-11-22(18(17)2)35-21-14-12-20(13-15-21)26-29-27-23(36-26)16-34-30-24(19-9-5-4-6-10-19)25-28-31-32-33(25)3/h4-15H,16H2,1-3H3/b30-24-. The monoisotopic (exact) mass is 481 g/mol. The zero-order valence-electron chi connectivity index (χ0n) is 20.0. The largest absolute Gasteiger partial charge is 0.457 e. The van der Waals surface area contributed by atoms with Crippen molar-refractivity contribution in [1.82, 2.24) is 30.4 Å². The third-order valence-corrected chi connectivity index (χ3v) is 5.57. The maximum Gasteiger partial charge on any atom is 0.257 e. The van der Waals surface area contributed by atoms with E-state index < -0.39 is 0 Å². The van der Waals surface area contributed by atoms with Crippen molar-refractivity contribution in [1.29, 1.82) is 0 Å². The molecular weight excluding hydrogens is 458 g/mol. The summed E-state index contributed by atoms with van der Waals surface area (Å²) in [6, 6.07) is 23.0. The average molecular weight is 482 g/mol. The summed E-state index contributed by atoms with van der Waals surface area (Å²) in [5.41, 5.74) is 4.35. The van der Waals surface area contributed by atoms with E-state index in [4.69, 9.17) is 14.0 Å². The molecule has 0 N–H and O–H groups in total. The topological polar surface area (TPSA) is 113 Å². The second-order valence-corrected chi connectivity index (χ2v) is 8.03. The van der Waals surface area contributed by atoms with Crippen molar-refractivity contribution in [2.75, 3.05) is 0 Å². The Balaban J connectivity index is 1.27. The fourth-order valence-corrected chi connectivity index (χ4v) is 3.46. The minimum atomic E-state index is -0.0115. The highest BCUT2D eigenvalue weighted by molar-refractivity contribution is 6.10. The molecule has 10 nitrogen and oxygen atoms in total. The van der Waals surface area contributed by atoms with Gasteiger partial charge in [-0.3, -0.25) is 0 Å². The van der Waals surface area contributed by atoms with Gasteiger partial charge in [0.15, 0.2) is 12.3 Å². The number of hydrogen-bond acceptors (Lipinski definition) is 9. The normalized spacial score (nSPS) is 11.5. The Morgan fingerprint density at radius 2 is 1.72 bits per heavy atom. The van der Waals surface area contributed by atoms with Crippen molar-refractivity contribution in [3.63, 3.8) is 0 Å². The second kappa shape index (κ2) is 10.2. The molecule has 36 heavy (non-hydrogen) atoms. The summed E-state index contributed by atoms with van der Waals surface area (Å²) in [7, 11) is 1.73. The maximum absolute atomic E-state index is 6.02. The van der Waals surface area contributed by atoms with E-state index in [1.165, 1.54) is 10.2 Å². The molecule has 0 atom stereocenters. The number of rotatable bonds is 8. The van der Waals surface area contributed by atoms with Crippen molar-refractivity contribution in [2.45, 2.75) is 20.5 Å². The zero-order chi connectivity index (χ0) is 24.9. The second-order valence-electron chi connectivity index (χ2n) is 8.03. The highest BCUT2D eigenvalue weighted by atomic mass is 16.6. The van der Waals surface area contributed by atoms with Gasteiger partial charge in [0.25, 0.3) is 5.89 Å². The van der Waals surface area contributed by atoms with E-state index >= 15 is 0 Å². The summed E-state index contributed by atoms with van der Waals surface area (Å²) in [5.74, 6) is 2.67. The first-order valence-corrected chi connectivity index (χ1v) is 11.2. The van der Waals surface area contributed by atoms with Crippen LogP contribution in [0.1, 0.15) is 28.4 Å². The smallest absolute Gasteiger partial charge is 0.257 e. The van der Waals surface area contributed by atoms with Crippen LogP contribution < -0.4 is 4.74 Å². The highest BCUT2D eigenvalue weighted by Crippen LogP contribution is 2.28. The van der Waals surface area contributed by atoms with E-state index in [0.717, 1.165) is 28.2 Å². The Hall–Kier alpha value is -4.86. The molecule has 0 aliphatic heterocycles. The number of ether oxygens (including phenoxy) is 1. The third-order valence-electron chi connectivity index (χ3n) is 5.57. The van der Waals surface area contributed by atoms with Gasteiger partial charge in [-0.2, -0.15) is 0 Å². The van der Waals surface area contributed by atoms with Gasteiger partial charge in [-0.1, -0.05) is 47.6 Å². The Morgan fingerprint density at radius 1 is 0.917 bits per heavy atom. The third kappa shape index (κ3) is 4.97. The molecule has 5 aromatic rings. The van der Waals surface area contributed by atoms with Crippen LogP contribution in [-0.2, 0) is 18.5 Å². The lowest BCUT2D eigenvalue weighted by molar-refractivity contribution is 0.111. The summed E-state index contributed by atoms with van der Waals surface area (Å²) in [6.45, 7) is 4.09. The van der Waals surface area contributed by atoms with Crippen LogP contribution in [0.15, 0.2) is 82.4 Å². The molecule has 0 radical (unpaired) electrons. The molecule has 5 rings (SSSR count). The minimum absolute atomic E-state index is 0.0115. The van der Waals surface area contributed by atoms with Gasteiger partial charge >= 0.3 is 0 Å². The first-order valence-electron chi connectivity index (χ1n) is 11.2. The number of oxime groups is 1. The molecule has 0 aliphatic carbocycles. The molecule has 10 heteroatoms. The molecule has 0 spiro atoms. The van der Waals surface area contributed by atoms with Crippen LogP contribution in [0.4, 0.5) is 0 Å². The molecule has 0 fully saturated rings. The Bertz CT molecular complexity index is 1490. The number of nitrogens with zero attached hydrogens (tertiary/aromatic N) is 7. The van der Waals surface area contributed by atoms with Crippen LogP contribution in [0, 0.1) is 13.8 Å². The predicted octanol–water partition coefficient (Wildman–Crippen LogP) is 4.64.